The molecule has 3 aliphatic carbocycles. The molecule has 1 aromatic heterocycles. The Morgan fingerprint density at radius 1 is 0.449 bits per heavy atom. The summed E-state index contributed by atoms with van der Waals surface area (Å²) in [5.74, 6) is 0. The topological polar surface area (TPSA) is 11.4 Å². The molecule has 10 aromatic carbocycles. The highest BCUT2D eigenvalue weighted by Crippen LogP contribution is 2.59. The van der Waals surface area contributed by atoms with Gasteiger partial charge in [0.05, 0.1) is 16.7 Å². The first-order chi connectivity index (χ1) is 43.5. The van der Waals surface area contributed by atoms with Gasteiger partial charge in [0.15, 0.2) is 0 Å². The van der Waals surface area contributed by atoms with Crippen LogP contribution in [0.15, 0.2) is 304 Å². The van der Waals surface area contributed by atoms with E-state index in [4.69, 9.17) is 0 Å². The van der Waals surface area contributed by atoms with Gasteiger partial charge in [-0.05, 0) is 208 Å². The highest BCUT2D eigenvalue weighted by molar-refractivity contribution is 6.11. The number of fused-ring (bicyclic) bond motifs is 9. The summed E-state index contributed by atoms with van der Waals surface area (Å²) in [6, 6.07) is 83.7. The van der Waals surface area contributed by atoms with Gasteiger partial charge in [-0.25, -0.2) is 0 Å². The molecule has 3 aliphatic rings. The summed E-state index contributed by atoms with van der Waals surface area (Å²) in [7, 11) is 0. The number of hydrogen-bond acceptors (Lipinski definition) is 2. The van der Waals surface area contributed by atoms with Gasteiger partial charge in [0.1, 0.15) is 0 Å². The van der Waals surface area contributed by atoms with Crippen LogP contribution < -0.4 is 9.80 Å². The number of para-hydroxylation sites is 1. The Kier molecular flexibility index (Phi) is 14.8. The van der Waals surface area contributed by atoms with E-state index in [9.17, 15) is 0 Å². The van der Waals surface area contributed by atoms with Crippen LogP contribution in [-0.2, 0) is 10.8 Å². The average molecular weight is 1150 g/mol. The Bertz CT molecular complexity index is 4780. The first kappa shape index (κ1) is 56.3. The summed E-state index contributed by atoms with van der Waals surface area (Å²) in [6.07, 6.45) is 29.1. The Morgan fingerprint density at radius 2 is 1.06 bits per heavy atom. The van der Waals surface area contributed by atoms with Gasteiger partial charge in [-0.2, -0.15) is 0 Å². The van der Waals surface area contributed by atoms with Gasteiger partial charge >= 0.3 is 0 Å². The highest BCUT2D eigenvalue weighted by atomic mass is 15.1. The minimum Gasteiger partial charge on any atom is -0.317 e. The molecule has 0 atom stereocenters. The van der Waals surface area contributed by atoms with Crippen molar-refractivity contribution >= 4 is 67.1 Å². The molecule has 0 saturated heterocycles. The van der Waals surface area contributed by atoms with Crippen molar-refractivity contribution in [3.8, 4) is 44.5 Å². The van der Waals surface area contributed by atoms with Gasteiger partial charge in [-0.15, -0.1) is 0 Å². The van der Waals surface area contributed by atoms with Crippen molar-refractivity contribution < 1.29 is 0 Å². The van der Waals surface area contributed by atoms with Gasteiger partial charge < -0.3 is 14.4 Å². The van der Waals surface area contributed by atoms with Crippen LogP contribution in [0.2, 0.25) is 0 Å². The molecule has 0 fully saturated rings. The first-order valence-corrected chi connectivity index (χ1v) is 31.4. The molecule has 89 heavy (non-hydrogen) atoms. The smallest absolute Gasteiger partial charge is 0.0543 e. The number of hydrogen-bond donors (Lipinski definition) is 0. The lowest BCUT2D eigenvalue weighted by Gasteiger charge is -2.29. The van der Waals surface area contributed by atoms with E-state index in [1.165, 1.54) is 111 Å². The predicted molar refractivity (Wildman–Crippen MR) is 383 cm³/mol. The van der Waals surface area contributed by atoms with Crippen molar-refractivity contribution in [2.45, 2.75) is 65.7 Å². The molecule has 1 heterocycles. The Hall–Kier alpha value is -10.5. The van der Waals surface area contributed by atoms with E-state index < -0.39 is 0 Å². The monoisotopic (exact) mass is 1150 g/mol. The molecule has 14 rings (SSSR count). The normalized spacial score (nSPS) is 14.8. The van der Waals surface area contributed by atoms with Crippen molar-refractivity contribution in [3.63, 3.8) is 0 Å². The maximum absolute atomic E-state index is 2.56. The second-order valence-electron chi connectivity index (χ2n) is 24.8. The summed E-state index contributed by atoms with van der Waals surface area (Å²) in [5.41, 5.74) is 28.8. The summed E-state index contributed by atoms with van der Waals surface area (Å²) in [4.78, 5) is 4.84. The van der Waals surface area contributed by atoms with E-state index in [-0.39, 0.29) is 10.8 Å². The first-order valence-electron chi connectivity index (χ1n) is 31.4. The van der Waals surface area contributed by atoms with E-state index in [0.29, 0.717) is 0 Å². The van der Waals surface area contributed by atoms with Gasteiger partial charge in [-0.1, -0.05) is 228 Å². The summed E-state index contributed by atoms with van der Waals surface area (Å²) < 4.78 is 2.38. The zero-order chi connectivity index (χ0) is 60.8. The maximum Gasteiger partial charge on any atom is 0.0543 e. The third-order valence-electron chi connectivity index (χ3n) is 18.7. The lowest BCUT2D eigenvalue weighted by Crippen LogP contribution is -2.17. The molecule has 0 aliphatic heterocycles. The lowest BCUT2D eigenvalue weighted by atomic mass is 9.79. The van der Waals surface area contributed by atoms with Crippen LogP contribution in [0.1, 0.15) is 88.3 Å². The zero-order valence-electron chi connectivity index (χ0n) is 51.9. The quantitative estimate of drug-likeness (QED) is 0.101. The fourth-order valence-electron chi connectivity index (χ4n) is 14.1. The van der Waals surface area contributed by atoms with Gasteiger partial charge in [0.2, 0.25) is 0 Å². The number of rotatable bonds is 14. The van der Waals surface area contributed by atoms with Crippen LogP contribution in [0.5, 0.6) is 0 Å². The molecule has 432 valence electrons. The molecule has 0 bridgehead atoms. The maximum atomic E-state index is 2.56. The van der Waals surface area contributed by atoms with E-state index in [1.54, 1.807) is 0 Å². The third-order valence-corrected chi connectivity index (χ3v) is 18.7. The molecule has 0 spiro atoms. The molecule has 11 aromatic rings. The number of nitrogens with zero attached hydrogens (tertiary/aromatic N) is 3. The van der Waals surface area contributed by atoms with Crippen LogP contribution in [0, 0.1) is 0 Å². The molecule has 0 amide bonds. The number of anilines is 5. The third kappa shape index (κ3) is 10.2. The second kappa shape index (κ2) is 23.3. The fraction of sp³-hybridized carbons (Fsp3) is 0.116. The fourth-order valence-corrected chi connectivity index (χ4v) is 14.1. The number of allylic oxidation sites excluding steroid dienone is 15. The van der Waals surface area contributed by atoms with E-state index >= 15 is 0 Å². The standard InChI is InChI=1S/C86H73N3/c1-8-10-26-59(3)88-81-36-22-21-34-73(81)75-55-67(44-53-82(75)88)66-42-49-70(50-43-66)89(69-47-40-65(41-48-69)63-31-19-14-20-32-63)83-37-23-35-77-84(83)76-58-79-74(57-80(76)85(77,4)5)72-52-51-71(56-78(72)86(79,6)7)87(54-24-33-60(25-9-2)61-29-17-13-18-30-61)68-45-38-64(39-46-68)62-27-15-11-12-16-28-62/h8-27,29-58H,28H2,1-7H3/b10-8-,25-9-,54-24+,59-26+,60-33+. The van der Waals surface area contributed by atoms with Gasteiger partial charge in [0.25, 0.3) is 0 Å². The summed E-state index contributed by atoms with van der Waals surface area (Å²) >= 11 is 0. The van der Waals surface area contributed by atoms with Crippen molar-refractivity contribution in [1.82, 2.24) is 4.57 Å². The van der Waals surface area contributed by atoms with E-state index in [0.717, 1.165) is 40.4 Å². The molecule has 0 unspecified atom stereocenters. The van der Waals surface area contributed by atoms with E-state index in [1.807, 2.05) is 0 Å². The molecular weight excluding hydrogens is 1070 g/mol. The van der Waals surface area contributed by atoms with Crippen molar-refractivity contribution in [2.75, 3.05) is 9.80 Å². The summed E-state index contributed by atoms with van der Waals surface area (Å²) in [6.45, 7) is 16.0. The second-order valence-corrected chi connectivity index (χ2v) is 24.8. The van der Waals surface area contributed by atoms with Crippen LogP contribution >= 0.6 is 0 Å². The van der Waals surface area contributed by atoms with Crippen LogP contribution in [-0.4, -0.2) is 4.57 Å². The highest BCUT2D eigenvalue weighted by Gasteiger charge is 2.43. The largest absolute Gasteiger partial charge is 0.317 e. The van der Waals surface area contributed by atoms with E-state index in [2.05, 4.69) is 366 Å². The van der Waals surface area contributed by atoms with Crippen molar-refractivity contribution in [2.24, 2.45) is 0 Å². The molecule has 0 radical (unpaired) electrons. The van der Waals surface area contributed by atoms with Gasteiger partial charge in [0, 0.05) is 61.8 Å². The molecule has 3 heteroatoms. The Labute approximate surface area is 525 Å². The zero-order valence-corrected chi connectivity index (χ0v) is 51.9. The average Bonchev–Trinajstić information content (AvgIpc) is 1.57. The minimum atomic E-state index is -0.307. The van der Waals surface area contributed by atoms with Crippen molar-refractivity contribution in [3.05, 3.63) is 337 Å². The van der Waals surface area contributed by atoms with Gasteiger partial charge in [-0.3, -0.25) is 0 Å². The predicted octanol–water partition coefficient (Wildman–Crippen LogP) is 23.9. The number of aromatic nitrogens is 1. The molecular formula is C86H73N3. The Balaban J connectivity index is 0.860. The minimum absolute atomic E-state index is 0.274. The lowest BCUT2D eigenvalue weighted by molar-refractivity contribution is 0.652. The molecule has 0 saturated carbocycles. The molecule has 0 N–H and O–H groups in total. The van der Waals surface area contributed by atoms with Crippen LogP contribution in [0.25, 0.3) is 83.2 Å². The summed E-state index contributed by atoms with van der Waals surface area (Å²) in [5, 5.41) is 2.50. The Morgan fingerprint density at radius 3 is 1.80 bits per heavy atom. The van der Waals surface area contributed by atoms with Crippen LogP contribution in [0.4, 0.5) is 28.4 Å². The van der Waals surface area contributed by atoms with Crippen molar-refractivity contribution in [1.29, 1.82) is 0 Å². The SMILES string of the molecule is C/C=C\C=C(/C)n1c2ccccc2c2cc(-c3ccc(N(c4ccc(-c5ccccc5)cc4)c4cccc5c4-c4cc6c(cc4C5(C)C)-c4ccc(N(/C=C/C=C(\C=C/C)c5ccccc5)c5ccc(C7=CC=CC=CC7)cc5)cc4C6(C)C)cc3)ccc21. The molecule has 3 nitrogen and oxygen atoms in total. The van der Waals surface area contributed by atoms with Crippen LogP contribution in [0.3, 0.4) is 0 Å². The number of benzene rings is 10.